The third-order valence-corrected chi connectivity index (χ3v) is 1.01. The fourth-order valence-corrected chi connectivity index (χ4v) is 0.292. The zero-order chi connectivity index (χ0) is 5.91. The van der Waals surface area contributed by atoms with Gasteiger partial charge in [-0.15, -0.1) is 0 Å². The minimum atomic E-state index is -4.05. The van der Waals surface area contributed by atoms with Gasteiger partial charge < -0.3 is 0 Å². The smallest absolute Gasteiger partial charge is 0.267 e. The Balaban J connectivity index is 3.60. The maximum atomic E-state index is 10.9. The molecule has 0 aromatic rings. The highest BCUT2D eigenvalue weighted by Crippen LogP contribution is 1.79. The molecule has 0 aromatic carbocycles. The number of hydrogen-bond donors (Lipinski definition) is 1. The first-order valence-electron chi connectivity index (χ1n) is 1.57. The molecule has 0 fully saturated rings. The molecule has 0 aliphatic heterocycles. The van der Waals surface area contributed by atoms with E-state index < -0.39 is 22.5 Å². The molecule has 0 aliphatic carbocycles. The zero-order valence-electron chi connectivity index (χ0n) is 3.46. The van der Waals surface area contributed by atoms with Crippen LogP contribution in [0.4, 0.5) is 4.39 Å². The summed E-state index contributed by atoms with van der Waals surface area (Å²) < 4.78 is 37.8. The van der Waals surface area contributed by atoms with Crippen molar-refractivity contribution in [1.82, 2.24) is 0 Å². The van der Waals surface area contributed by atoms with E-state index in [0.717, 1.165) is 0 Å². The van der Waals surface area contributed by atoms with Gasteiger partial charge in [0, 0.05) is 0 Å². The van der Waals surface area contributed by atoms with E-state index in [9.17, 15) is 12.8 Å². The highest BCUT2D eigenvalue weighted by atomic mass is 32.2. The van der Waals surface area contributed by atoms with Gasteiger partial charge in [0.05, 0.1) is 0 Å². The molecule has 0 amide bonds. The fraction of sp³-hybridized carbons (Fsp3) is 1.00. The predicted octanol–water partition coefficient (Wildman–Crippen LogP) is -0.156. The Hall–Kier alpha value is -0.160. The average molecular weight is 127 g/mol. The van der Waals surface area contributed by atoms with Crippen LogP contribution in [0.1, 0.15) is 0 Å². The van der Waals surface area contributed by atoms with E-state index in [0.29, 0.717) is 0 Å². The van der Waals surface area contributed by atoms with Crippen molar-refractivity contribution in [2.24, 2.45) is 0 Å². The molecule has 0 saturated heterocycles. The van der Waals surface area contributed by atoms with Gasteiger partial charge in [0.2, 0.25) is 0 Å². The third kappa shape index (κ3) is 5.84. The Bertz CT molecular complexity index is 126. The first-order valence-corrected chi connectivity index (χ1v) is 3.18. The molecule has 0 heterocycles. The van der Waals surface area contributed by atoms with Crippen LogP contribution in [0.3, 0.4) is 0 Å². The highest BCUT2D eigenvalue weighted by Gasteiger charge is 2.00. The van der Waals surface area contributed by atoms with Gasteiger partial charge in [-0.25, -0.2) is 4.39 Å². The minimum Gasteiger partial charge on any atom is -0.285 e. The summed E-state index contributed by atoms with van der Waals surface area (Å²) in [4.78, 5) is 0. The van der Waals surface area contributed by atoms with E-state index in [4.69, 9.17) is 4.55 Å². The molecule has 0 atom stereocenters. The van der Waals surface area contributed by atoms with Crippen molar-refractivity contribution in [3.05, 3.63) is 0 Å². The van der Waals surface area contributed by atoms with Crippen molar-refractivity contribution in [2.75, 3.05) is 12.4 Å². The standard InChI is InChI=1S/C2H5FO3S/c3-1-2-7(4,5)6/h1-2H2,(H,4,5,6)/i3-1. The number of alkyl halides is 1. The molecule has 0 spiro atoms. The molecule has 0 unspecified atom stereocenters. The van der Waals surface area contributed by atoms with Crippen LogP contribution in [0.15, 0.2) is 0 Å². The molecule has 0 rings (SSSR count). The molecule has 3 nitrogen and oxygen atoms in total. The predicted molar refractivity (Wildman–Crippen MR) is 22.4 cm³/mol. The summed E-state index contributed by atoms with van der Waals surface area (Å²) in [5.74, 6) is -0.799. The van der Waals surface area contributed by atoms with Gasteiger partial charge in [0.25, 0.3) is 10.1 Å². The highest BCUT2D eigenvalue weighted by molar-refractivity contribution is 7.85. The van der Waals surface area contributed by atoms with Crippen molar-refractivity contribution in [3.63, 3.8) is 0 Å². The van der Waals surface area contributed by atoms with Gasteiger partial charge in [-0.1, -0.05) is 0 Å². The SMILES string of the molecule is O=S(=O)(O)CC[18F]. The maximum absolute atomic E-state index is 10.9. The second kappa shape index (κ2) is 2.23. The Kier molecular flexibility index (Phi) is 2.17. The van der Waals surface area contributed by atoms with Crippen LogP contribution in [0.25, 0.3) is 0 Å². The molecule has 0 radical (unpaired) electrons. The summed E-state index contributed by atoms with van der Waals surface area (Å²) in [6.07, 6.45) is 0. The molecule has 0 saturated carbocycles. The van der Waals surface area contributed by atoms with Gasteiger partial charge in [-0.2, -0.15) is 8.42 Å². The average Bonchev–Trinajstić information content (AvgIpc) is 1.30. The summed E-state index contributed by atoms with van der Waals surface area (Å²) in [7, 11) is -4.05. The van der Waals surface area contributed by atoms with Crippen molar-refractivity contribution >= 4 is 10.1 Å². The Morgan fingerprint density at radius 3 is 2.00 bits per heavy atom. The van der Waals surface area contributed by atoms with Gasteiger partial charge in [-0.05, 0) is 0 Å². The second-order valence-electron chi connectivity index (χ2n) is 0.975. The fourth-order valence-electron chi connectivity index (χ4n) is 0.0975. The van der Waals surface area contributed by atoms with Crippen LogP contribution in [0.2, 0.25) is 0 Å². The van der Waals surface area contributed by atoms with Crippen LogP contribution < -0.4 is 0 Å². The lowest BCUT2D eigenvalue weighted by Gasteiger charge is -1.84. The van der Waals surface area contributed by atoms with Crippen molar-refractivity contribution < 1.29 is 17.4 Å². The van der Waals surface area contributed by atoms with Crippen LogP contribution in [-0.2, 0) is 10.1 Å². The van der Waals surface area contributed by atoms with Gasteiger partial charge >= 0.3 is 0 Å². The lowest BCUT2D eigenvalue weighted by molar-refractivity contribution is 0.461. The van der Waals surface area contributed by atoms with Crippen molar-refractivity contribution in [3.8, 4) is 0 Å². The molecule has 44 valence electrons. The molecule has 0 bridgehead atoms. The van der Waals surface area contributed by atoms with Crippen LogP contribution in [0, 0.1) is 0 Å². The molecule has 5 heteroatoms. The molecule has 0 aliphatic rings. The van der Waals surface area contributed by atoms with Crippen LogP contribution in [-0.4, -0.2) is 25.4 Å². The van der Waals surface area contributed by atoms with E-state index in [-0.39, 0.29) is 0 Å². The topological polar surface area (TPSA) is 54.4 Å². The lowest BCUT2D eigenvalue weighted by atomic mass is 10.9. The maximum Gasteiger partial charge on any atom is 0.267 e. The molecule has 7 heavy (non-hydrogen) atoms. The first-order chi connectivity index (χ1) is 3.06. The monoisotopic (exact) mass is 127 g/mol. The summed E-state index contributed by atoms with van der Waals surface area (Å²) in [5, 5.41) is 0. The van der Waals surface area contributed by atoms with E-state index in [1.807, 2.05) is 0 Å². The molecule has 0 aromatic heterocycles. The first kappa shape index (κ1) is 6.84. The van der Waals surface area contributed by atoms with Crippen molar-refractivity contribution in [1.29, 1.82) is 0 Å². The number of halogens is 1. The van der Waals surface area contributed by atoms with E-state index in [2.05, 4.69) is 0 Å². The summed E-state index contributed by atoms with van der Waals surface area (Å²) in [6.45, 7) is -1.03. The Morgan fingerprint density at radius 1 is 1.57 bits per heavy atom. The number of hydrogen-bond acceptors (Lipinski definition) is 2. The van der Waals surface area contributed by atoms with E-state index in [1.165, 1.54) is 0 Å². The molecular formula is C2H5FO3S. The zero-order valence-corrected chi connectivity index (χ0v) is 4.28. The summed E-state index contributed by atoms with van der Waals surface area (Å²) in [6, 6.07) is 0. The van der Waals surface area contributed by atoms with Gasteiger partial charge in [0.15, 0.2) is 0 Å². The van der Waals surface area contributed by atoms with Crippen LogP contribution in [0.5, 0.6) is 0 Å². The summed E-state index contributed by atoms with van der Waals surface area (Å²) >= 11 is 0. The second-order valence-corrected chi connectivity index (χ2v) is 2.55. The van der Waals surface area contributed by atoms with Crippen LogP contribution >= 0.6 is 0 Å². The largest absolute Gasteiger partial charge is 0.285 e. The number of rotatable bonds is 2. The Labute approximate surface area is 40.9 Å². The lowest BCUT2D eigenvalue weighted by Crippen LogP contribution is -2.04. The third-order valence-electron chi connectivity index (χ3n) is 0.335. The Morgan fingerprint density at radius 2 is 2.00 bits per heavy atom. The summed E-state index contributed by atoms with van der Waals surface area (Å²) in [5.41, 5.74) is 0. The quantitative estimate of drug-likeness (QED) is 0.524. The van der Waals surface area contributed by atoms with E-state index in [1.54, 1.807) is 0 Å². The van der Waals surface area contributed by atoms with Gasteiger partial charge in [0.1, 0.15) is 12.4 Å². The van der Waals surface area contributed by atoms with E-state index >= 15 is 0 Å². The molecule has 1 N–H and O–H groups in total. The normalized spacial score (nSPS) is 11.7. The minimum absolute atomic E-state index is 0.799. The van der Waals surface area contributed by atoms with Crippen molar-refractivity contribution in [2.45, 2.75) is 0 Å². The van der Waals surface area contributed by atoms with Gasteiger partial charge in [-0.3, -0.25) is 4.55 Å². The molecular weight excluding hydrogens is 122 g/mol.